The van der Waals surface area contributed by atoms with Crippen molar-refractivity contribution in [3.8, 4) is 0 Å². The number of rotatable bonds is 2. The van der Waals surface area contributed by atoms with Gasteiger partial charge in [0.2, 0.25) is 5.91 Å². The van der Waals surface area contributed by atoms with E-state index < -0.39 is 0 Å². The molecule has 4 heteroatoms. The van der Waals surface area contributed by atoms with Gasteiger partial charge in [-0.25, -0.2) is 0 Å². The first kappa shape index (κ1) is 11.8. The normalized spacial score (nSPS) is 20.6. The molecule has 0 saturated carbocycles. The van der Waals surface area contributed by atoms with Gasteiger partial charge in [-0.1, -0.05) is 17.7 Å². The molecule has 0 radical (unpaired) electrons. The minimum absolute atomic E-state index is 0.143. The van der Waals surface area contributed by atoms with E-state index in [-0.39, 0.29) is 5.91 Å². The molecule has 1 aliphatic rings. The summed E-state index contributed by atoms with van der Waals surface area (Å²) in [7, 11) is 0. The molecule has 86 valence electrons. The second-order valence-electron chi connectivity index (χ2n) is 4.21. The lowest BCUT2D eigenvalue weighted by Gasteiger charge is -2.18. The number of aryl methyl sites for hydroxylation is 1. The van der Waals surface area contributed by atoms with Crippen molar-refractivity contribution in [2.24, 2.45) is 5.92 Å². The molecule has 1 atom stereocenters. The van der Waals surface area contributed by atoms with E-state index in [1.807, 2.05) is 25.1 Å². The zero-order valence-corrected chi connectivity index (χ0v) is 10.8. The van der Waals surface area contributed by atoms with Gasteiger partial charge in [-0.05, 0) is 36.3 Å². The summed E-state index contributed by atoms with van der Waals surface area (Å²) in [5.74, 6) is 1.23. The van der Waals surface area contributed by atoms with E-state index in [0.717, 1.165) is 23.5 Å². The van der Waals surface area contributed by atoms with Crippen molar-refractivity contribution in [3.63, 3.8) is 0 Å². The van der Waals surface area contributed by atoms with Gasteiger partial charge in [0.1, 0.15) is 0 Å². The highest BCUT2D eigenvalue weighted by Gasteiger charge is 2.30. The van der Waals surface area contributed by atoms with Crippen molar-refractivity contribution >= 4 is 35.8 Å². The third kappa shape index (κ3) is 2.20. The monoisotopic (exact) mass is 255 g/mol. The molecule has 16 heavy (non-hydrogen) atoms. The molecule has 1 heterocycles. The van der Waals surface area contributed by atoms with Crippen molar-refractivity contribution in [1.29, 1.82) is 0 Å². The standard InChI is InChI=1S/C12H14ClNOS/c1-8-2-3-11(10(13)4-8)14-6-9(7-16)5-12(14)15/h2-4,9,16H,5-7H2,1H3. The van der Waals surface area contributed by atoms with Crippen LogP contribution in [0.15, 0.2) is 18.2 Å². The van der Waals surface area contributed by atoms with Crippen LogP contribution < -0.4 is 4.90 Å². The summed E-state index contributed by atoms with van der Waals surface area (Å²) >= 11 is 10.4. The highest BCUT2D eigenvalue weighted by molar-refractivity contribution is 7.80. The minimum Gasteiger partial charge on any atom is -0.311 e. The average molecular weight is 256 g/mol. The van der Waals surface area contributed by atoms with Gasteiger partial charge in [0.15, 0.2) is 0 Å². The van der Waals surface area contributed by atoms with Crippen LogP contribution in [0.5, 0.6) is 0 Å². The molecule has 1 aromatic rings. The summed E-state index contributed by atoms with van der Waals surface area (Å²) < 4.78 is 0. The Bertz CT molecular complexity index is 421. The summed E-state index contributed by atoms with van der Waals surface area (Å²) in [4.78, 5) is 13.6. The molecule has 1 aromatic carbocycles. The fraction of sp³-hybridized carbons (Fsp3) is 0.417. The lowest BCUT2D eigenvalue weighted by Crippen LogP contribution is -2.24. The van der Waals surface area contributed by atoms with Crippen LogP contribution in [0.4, 0.5) is 5.69 Å². The van der Waals surface area contributed by atoms with E-state index in [9.17, 15) is 4.79 Å². The fourth-order valence-electron chi connectivity index (χ4n) is 1.97. The third-order valence-corrected chi connectivity index (χ3v) is 3.68. The van der Waals surface area contributed by atoms with E-state index in [1.165, 1.54) is 0 Å². The number of amides is 1. The molecule has 0 N–H and O–H groups in total. The predicted molar refractivity (Wildman–Crippen MR) is 70.5 cm³/mol. The number of carbonyl (C=O) groups excluding carboxylic acids is 1. The first-order valence-electron chi connectivity index (χ1n) is 5.29. The molecule has 0 aliphatic carbocycles. The second-order valence-corrected chi connectivity index (χ2v) is 4.98. The molecule has 0 aromatic heterocycles. The number of thiol groups is 1. The highest BCUT2D eigenvalue weighted by Crippen LogP contribution is 2.32. The Morgan fingerprint density at radius 2 is 2.31 bits per heavy atom. The maximum Gasteiger partial charge on any atom is 0.227 e. The molecule has 1 amide bonds. The zero-order valence-electron chi connectivity index (χ0n) is 9.11. The topological polar surface area (TPSA) is 20.3 Å². The molecule has 1 aliphatic heterocycles. The fourth-order valence-corrected chi connectivity index (χ4v) is 2.55. The first-order chi connectivity index (χ1) is 7.61. The third-order valence-electron chi connectivity index (χ3n) is 2.86. The zero-order chi connectivity index (χ0) is 11.7. The van der Waals surface area contributed by atoms with Crippen LogP contribution in [0.1, 0.15) is 12.0 Å². The van der Waals surface area contributed by atoms with Crippen LogP contribution in [-0.4, -0.2) is 18.2 Å². The van der Waals surface area contributed by atoms with Gasteiger partial charge in [-0.2, -0.15) is 12.6 Å². The summed E-state index contributed by atoms with van der Waals surface area (Å²) in [5.41, 5.74) is 1.92. The number of hydrogen-bond donors (Lipinski definition) is 1. The summed E-state index contributed by atoms with van der Waals surface area (Å²) in [6.07, 6.45) is 0.577. The molecule has 1 saturated heterocycles. The van der Waals surface area contributed by atoms with Crippen LogP contribution in [0, 0.1) is 12.8 Å². The maximum absolute atomic E-state index is 11.8. The van der Waals surface area contributed by atoms with Crippen LogP contribution in [0.3, 0.4) is 0 Å². The van der Waals surface area contributed by atoms with Gasteiger partial charge >= 0.3 is 0 Å². The minimum atomic E-state index is 0.143. The number of halogens is 1. The van der Waals surface area contributed by atoms with Gasteiger partial charge in [0, 0.05) is 13.0 Å². The highest BCUT2D eigenvalue weighted by atomic mass is 35.5. The number of benzene rings is 1. The molecule has 2 rings (SSSR count). The molecule has 2 nitrogen and oxygen atoms in total. The van der Waals surface area contributed by atoms with E-state index in [0.29, 0.717) is 17.4 Å². The molecular formula is C12H14ClNOS. The predicted octanol–water partition coefficient (Wildman–Crippen LogP) is 2.93. The van der Waals surface area contributed by atoms with E-state index in [4.69, 9.17) is 11.6 Å². The Hall–Kier alpha value is -0.670. The van der Waals surface area contributed by atoms with E-state index >= 15 is 0 Å². The molecule has 0 spiro atoms. The van der Waals surface area contributed by atoms with Gasteiger partial charge in [-0.15, -0.1) is 0 Å². The maximum atomic E-state index is 11.8. The van der Waals surface area contributed by atoms with Crippen molar-refractivity contribution in [2.75, 3.05) is 17.2 Å². The SMILES string of the molecule is Cc1ccc(N2CC(CS)CC2=O)c(Cl)c1. The summed E-state index contributed by atoms with van der Waals surface area (Å²) in [5, 5.41) is 0.646. The lowest BCUT2D eigenvalue weighted by atomic mass is 10.1. The van der Waals surface area contributed by atoms with Crippen LogP contribution in [-0.2, 0) is 4.79 Å². The number of hydrogen-bond acceptors (Lipinski definition) is 2. The average Bonchev–Trinajstić information content (AvgIpc) is 2.60. The van der Waals surface area contributed by atoms with Crippen LogP contribution >= 0.6 is 24.2 Å². The first-order valence-corrected chi connectivity index (χ1v) is 6.30. The van der Waals surface area contributed by atoms with E-state index in [2.05, 4.69) is 12.6 Å². The second kappa shape index (κ2) is 4.68. The number of anilines is 1. The van der Waals surface area contributed by atoms with Gasteiger partial charge in [0.05, 0.1) is 10.7 Å². The van der Waals surface area contributed by atoms with Crippen molar-refractivity contribution in [2.45, 2.75) is 13.3 Å². The van der Waals surface area contributed by atoms with Gasteiger partial charge in [-0.3, -0.25) is 4.79 Å². The number of carbonyl (C=O) groups is 1. The van der Waals surface area contributed by atoms with Crippen LogP contribution in [0.25, 0.3) is 0 Å². The lowest BCUT2D eigenvalue weighted by molar-refractivity contribution is -0.117. The molecular weight excluding hydrogens is 242 g/mol. The summed E-state index contributed by atoms with van der Waals surface area (Å²) in [6.45, 7) is 2.71. The Kier molecular flexibility index (Phi) is 3.45. The largest absolute Gasteiger partial charge is 0.311 e. The Balaban J connectivity index is 2.28. The van der Waals surface area contributed by atoms with Crippen molar-refractivity contribution < 1.29 is 4.79 Å². The molecule has 0 bridgehead atoms. The smallest absolute Gasteiger partial charge is 0.227 e. The van der Waals surface area contributed by atoms with E-state index in [1.54, 1.807) is 4.90 Å². The molecule has 1 fully saturated rings. The van der Waals surface area contributed by atoms with Crippen LogP contribution in [0.2, 0.25) is 5.02 Å². The quantitative estimate of drug-likeness (QED) is 0.806. The number of nitrogens with zero attached hydrogens (tertiary/aromatic N) is 1. The summed E-state index contributed by atoms with van der Waals surface area (Å²) in [6, 6.07) is 5.77. The Morgan fingerprint density at radius 1 is 1.56 bits per heavy atom. The van der Waals surface area contributed by atoms with Crippen molar-refractivity contribution in [1.82, 2.24) is 0 Å². The van der Waals surface area contributed by atoms with Gasteiger partial charge < -0.3 is 4.90 Å². The Morgan fingerprint density at radius 3 is 2.88 bits per heavy atom. The van der Waals surface area contributed by atoms with Crippen molar-refractivity contribution in [3.05, 3.63) is 28.8 Å². The molecule has 1 unspecified atom stereocenters. The Labute approximate surface area is 106 Å². The van der Waals surface area contributed by atoms with Gasteiger partial charge in [0.25, 0.3) is 0 Å².